The van der Waals surface area contributed by atoms with Crippen LogP contribution >= 0.6 is 63.7 Å². The van der Waals surface area contributed by atoms with Crippen LogP contribution in [0.15, 0.2) is 17.9 Å². The van der Waals surface area contributed by atoms with Crippen LogP contribution in [0.3, 0.4) is 0 Å². The maximum Gasteiger partial charge on any atom is 0.102 e. The average molecular weight is 444 g/mol. The minimum atomic E-state index is 0.400. The van der Waals surface area contributed by atoms with E-state index >= 15 is 0 Å². The van der Waals surface area contributed by atoms with Gasteiger partial charge in [0.1, 0.15) is 12.1 Å². The number of hydrogen-bond acceptors (Lipinski definition) is 2. The SMILES string of the molecule is N#Cc1c(Br)c(Br)c(Br)c(C#N)c1Br. The Hall–Kier alpha value is 0.120. The number of hydrogen-bond donors (Lipinski definition) is 0. The lowest BCUT2D eigenvalue weighted by Gasteiger charge is -2.07. The van der Waals surface area contributed by atoms with Crippen LogP contribution in [0.2, 0.25) is 0 Å². The Morgan fingerprint density at radius 1 is 0.643 bits per heavy atom. The van der Waals surface area contributed by atoms with Gasteiger partial charge in [-0.3, -0.25) is 0 Å². The Labute approximate surface area is 114 Å². The van der Waals surface area contributed by atoms with Crippen molar-refractivity contribution in [3.8, 4) is 12.1 Å². The summed E-state index contributed by atoms with van der Waals surface area (Å²) in [7, 11) is 0. The summed E-state index contributed by atoms with van der Waals surface area (Å²) in [5, 5.41) is 17.8. The Bertz CT molecular complexity index is 441. The largest absolute Gasteiger partial charge is 0.192 e. The summed E-state index contributed by atoms with van der Waals surface area (Å²) in [6, 6.07) is 4.02. The summed E-state index contributed by atoms with van der Waals surface area (Å²) in [4.78, 5) is 0. The molecule has 70 valence electrons. The zero-order valence-electron chi connectivity index (χ0n) is 6.41. The fourth-order valence-electron chi connectivity index (χ4n) is 0.830. The van der Waals surface area contributed by atoms with Gasteiger partial charge in [0, 0.05) is 4.47 Å². The predicted molar refractivity (Wildman–Crippen MR) is 66.7 cm³/mol. The van der Waals surface area contributed by atoms with Crippen molar-refractivity contribution < 1.29 is 0 Å². The average Bonchev–Trinajstić information content (AvgIpc) is 2.16. The summed E-state index contributed by atoms with van der Waals surface area (Å²) in [5.41, 5.74) is 0.799. The molecule has 0 aromatic heterocycles. The van der Waals surface area contributed by atoms with Crippen molar-refractivity contribution >= 4 is 63.7 Å². The molecule has 0 heterocycles. The molecule has 0 aliphatic carbocycles. The Balaban J connectivity index is 3.78. The molecule has 6 heteroatoms. The van der Waals surface area contributed by atoms with Crippen molar-refractivity contribution in [3.05, 3.63) is 29.0 Å². The number of halogens is 4. The second-order valence-electron chi connectivity index (χ2n) is 2.23. The van der Waals surface area contributed by atoms with E-state index in [1.807, 2.05) is 12.1 Å². The summed E-state index contributed by atoms with van der Waals surface area (Å²) in [6.45, 7) is 0. The lowest BCUT2D eigenvalue weighted by molar-refractivity contribution is 1.36. The number of nitrogens with zero attached hydrogens (tertiary/aromatic N) is 2. The van der Waals surface area contributed by atoms with Gasteiger partial charge >= 0.3 is 0 Å². The van der Waals surface area contributed by atoms with Crippen LogP contribution in [-0.4, -0.2) is 0 Å². The van der Waals surface area contributed by atoms with Gasteiger partial charge in [0.25, 0.3) is 0 Å². The Kier molecular flexibility index (Phi) is 4.15. The maximum atomic E-state index is 8.88. The third-order valence-electron chi connectivity index (χ3n) is 1.49. The Morgan fingerprint density at radius 2 is 1.00 bits per heavy atom. The maximum absolute atomic E-state index is 8.88. The third kappa shape index (κ3) is 1.90. The van der Waals surface area contributed by atoms with Gasteiger partial charge in [0.15, 0.2) is 0 Å². The van der Waals surface area contributed by atoms with E-state index in [1.165, 1.54) is 0 Å². The summed E-state index contributed by atoms with van der Waals surface area (Å²) >= 11 is 13.0. The molecular formula is C8Br4N2. The van der Waals surface area contributed by atoms with Crippen molar-refractivity contribution in [2.24, 2.45) is 0 Å². The zero-order chi connectivity index (χ0) is 10.9. The molecule has 0 amide bonds. The van der Waals surface area contributed by atoms with Crippen molar-refractivity contribution in [2.45, 2.75) is 0 Å². The molecule has 0 aliphatic rings. The molecular weight excluding hydrogens is 444 g/mol. The lowest BCUT2D eigenvalue weighted by atomic mass is 10.1. The standard InChI is InChI=1S/C8Br4N2/c9-5-3(1-13)6(10)8(12)7(11)4(5)2-14. The molecule has 0 aliphatic heterocycles. The van der Waals surface area contributed by atoms with Gasteiger partial charge in [-0.15, -0.1) is 0 Å². The van der Waals surface area contributed by atoms with Crippen LogP contribution in [0.1, 0.15) is 11.1 Å². The molecule has 1 rings (SSSR count). The first-order valence-electron chi connectivity index (χ1n) is 3.20. The quantitative estimate of drug-likeness (QED) is 0.438. The first-order valence-corrected chi connectivity index (χ1v) is 6.38. The molecule has 1 aromatic rings. The molecule has 0 bridgehead atoms. The number of rotatable bonds is 0. The molecule has 0 spiro atoms. The van der Waals surface area contributed by atoms with Crippen molar-refractivity contribution in [3.63, 3.8) is 0 Å². The van der Waals surface area contributed by atoms with Crippen LogP contribution in [0, 0.1) is 22.7 Å². The second-order valence-corrected chi connectivity index (χ2v) is 5.40. The van der Waals surface area contributed by atoms with Crippen LogP contribution < -0.4 is 0 Å². The fourth-order valence-corrected chi connectivity index (χ4v) is 3.57. The van der Waals surface area contributed by atoms with Crippen LogP contribution in [0.5, 0.6) is 0 Å². The second kappa shape index (κ2) is 4.76. The normalized spacial score (nSPS) is 9.29. The molecule has 0 N–H and O–H groups in total. The third-order valence-corrected chi connectivity index (χ3v) is 5.72. The highest BCUT2D eigenvalue weighted by atomic mass is 79.9. The van der Waals surface area contributed by atoms with E-state index in [1.54, 1.807) is 0 Å². The van der Waals surface area contributed by atoms with E-state index < -0.39 is 0 Å². The highest BCUT2D eigenvalue weighted by Gasteiger charge is 2.18. The Morgan fingerprint density at radius 3 is 1.29 bits per heavy atom. The van der Waals surface area contributed by atoms with Gasteiger partial charge < -0.3 is 0 Å². The van der Waals surface area contributed by atoms with E-state index in [-0.39, 0.29) is 0 Å². The van der Waals surface area contributed by atoms with Gasteiger partial charge in [-0.2, -0.15) is 10.5 Å². The van der Waals surface area contributed by atoms with Gasteiger partial charge in [0.05, 0.1) is 24.5 Å². The van der Waals surface area contributed by atoms with E-state index in [4.69, 9.17) is 10.5 Å². The van der Waals surface area contributed by atoms with Crippen LogP contribution in [0.25, 0.3) is 0 Å². The summed E-state index contributed by atoms with van der Waals surface area (Å²) in [5.74, 6) is 0. The van der Waals surface area contributed by atoms with Crippen LogP contribution in [-0.2, 0) is 0 Å². The van der Waals surface area contributed by atoms with Crippen LogP contribution in [0.4, 0.5) is 0 Å². The molecule has 0 saturated heterocycles. The van der Waals surface area contributed by atoms with Gasteiger partial charge in [-0.1, -0.05) is 0 Å². The molecule has 0 saturated carbocycles. The van der Waals surface area contributed by atoms with Gasteiger partial charge in [-0.25, -0.2) is 0 Å². The zero-order valence-corrected chi connectivity index (χ0v) is 12.8. The van der Waals surface area contributed by atoms with E-state index in [2.05, 4.69) is 63.7 Å². The van der Waals surface area contributed by atoms with E-state index in [9.17, 15) is 0 Å². The summed E-state index contributed by atoms with van der Waals surface area (Å²) in [6.07, 6.45) is 0. The predicted octanol–water partition coefficient (Wildman–Crippen LogP) is 4.48. The van der Waals surface area contributed by atoms with E-state index in [0.29, 0.717) is 29.0 Å². The van der Waals surface area contributed by atoms with Gasteiger partial charge in [0.2, 0.25) is 0 Å². The number of nitriles is 2. The smallest absolute Gasteiger partial charge is 0.102 e. The van der Waals surface area contributed by atoms with Crippen molar-refractivity contribution in [2.75, 3.05) is 0 Å². The monoisotopic (exact) mass is 440 g/mol. The topological polar surface area (TPSA) is 47.6 Å². The fraction of sp³-hybridized carbons (Fsp3) is 0. The van der Waals surface area contributed by atoms with Gasteiger partial charge in [-0.05, 0) is 63.7 Å². The molecule has 0 atom stereocenters. The lowest BCUT2D eigenvalue weighted by Crippen LogP contribution is -1.90. The molecule has 0 fully saturated rings. The summed E-state index contributed by atoms with van der Waals surface area (Å²) < 4.78 is 2.40. The molecule has 0 radical (unpaired) electrons. The van der Waals surface area contributed by atoms with Crippen molar-refractivity contribution in [1.82, 2.24) is 0 Å². The molecule has 1 aromatic carbocycles. The molecule has 14 heavy (non-hydrogen) atoms. The highest BCUT2D eigenvalue weighted by Crippen LogP contribution is 2.40. The molecule has 2 nitrogen and oxygen atoms in total. The van der Waals surface area contributed by atoms with Crippen molar-refractivity contribution in [1.29, 1.82) is 10.5 Å². The van der Waals surface area contributed by atoms with E-state index in [0.717, 1.165) is 0 Å². The minimum absolute atomic E-state index is 0.400. The minimum Gasteiger partial charge on any atom is -0.192 e. The highest BCUT2D eigenvalue weighted by molar-refractivity contribution is 9.14. The molecule has 0 unspecified atom stereocenters. The first-order chi connectivity index (χ1) is 6.54. The first kappa shape index (κ1) is 12.2. The number of benzene rings is 1.